The fraction of sp³-hybridized carbons (Fsp3) is 0.154. The first-order chi connectivity index (χ1) is 8.66. The average molecular weight is 263 g/mol. The highest BCUT2D eigenvalue weighted by atomic mass is 35.5. The van der Waals surface area contributed by atoms with Gasteiger partial charge in [0.2, 0.25) is 0 Å². The van der Waals surface area contributed by atoms with Gasteiger partial charge in [0.1, 0.15) is 0 Å². The molecular formula is C13H15ClN4. The van der Waals surface area contributed by atoms with Gasteiger partial charge in [-0.1, -0.05) is 11.6 Å². The van der Waals surface area contributed by atoms with Gasteiger partial charge in [0.15, 0.2) is 0 Å². The maximum atomic E-state index is 5.85. The number of pyridine rings is 1. The zero-order valence-corrected chi connectivity index (χ0v) is 10.6. The van der Waals surface area contributed by atoms with Crippen LogP contribution in [-0.4, -0.2) is 11.5 Å². The number of hydrogen-bond donors (Lipinski definition) is 3. The molecule has 2 rings (SSSR count). The lowest BCUT2D eigenvalue weighted by atomic mass is 10.2. The summed E-state index contributed by atoms with van der Waals surface area (Å²) in [7, 11) is 0. The fourth-order valence-electron chi connectivity index (χ4n) is 1.63. The highest BCUT2D eigenvalue weighted by Crippen LogP contribution is 2.18. The number of halogens is 1. The molecule has 0 amide bonds. The first-order valence-corrected chi connectivity index (χ1v) is 6.03. The molecule has 0 unspecified atom stereocenters. The Hall–Kier alpha value is -1.94. The summed E-state index contributed by atoms with van der Waals surface area (Å²) >= 11 is 5.81. The molecular weight excluding hydrogens is 248 g/mol. The van der Waals surface area contributed by atoms with Crippen molar-refractivity contribution in [2.45, 2.75) is 6.42 Å². The molecule has 0 aliphatic carbocycles. The number of anilines is 3. The second kappa shape index (κ2) is 5.60. The first kappa shape index (κ1) is 12.5. The molecule has 0 saturated carbocycles. The minimum absolute atomic E-state index is 0.565. The van der Waals surface area contributed by atoms with E-state index in [1.165, 1.54) is 0 Å². The molecule has 0 aliphatic rings. The van der Waals surface area contributed by atoms with Gasteiger partial charge in [0.05, 0.1) is 17.1 Å². The van der Waals surface area contributed by atoms with Crippen LogP contribution in [0.2, 0.25) is 5.02 Å². The Kier molecular flexibility index (Phi) is 3.89. The van der Waals surface area contributed by atoms with Crippen molar-refractivity contribution in [1.29, 1.82) is 0 Å². The van der Waals surface area contributed by atoms with Crippen molar-refractivity contribution >= 4 is 28.7 Å². The molecule has 4 nitrogen and oxygen atoms in total. The predicted octanol–water partition coefficient (Wildman–Crippen LogP) is 2.55. The maximum absolute atomic E-state index is 5.85. The molecule has 5 heteroatoms. The van der Waals surface area contributed by atoms with Crippen LogP contribution in [0.3, 0.4) is 0 Å². The van der Waals surface area contributed by atoms with Gasteiger partial charge >= 0.3 is 0 Å². The van der Waals surface area contributed by atoms with E-state index in [1.807, 2.05) is 24.3 Å². The van der Waals surface area contributed by atoms with Crippen LogP contribution >= 0.6 is 11.6 Å². The summed E-state index contributed by atoms with van der Waals surface area (Å²) in [6, 6.07) is 9.25. The summed E-state index contributed by atoms with van der Waals surface area (Å²) in [4.78, 5) is 4.22. The molecule has 0 fully saturated rings. The first-order valence-electron chi connectivity index (χ1n) is 5.65. The third kappa shape index (κ3) is 3.05. The largest absolute Gasteiger partial charge is 0.397 e. The Morgan fingerprint density at radius 3 is 2.56 bits per heavy atom. The molecule has 0 bridgehead atoms. The number of aromatic nitrogens is 1. The van der Waals surface area contributed by atoms with Crippen LogP contribution in [-0.2, 0) is 6.42 Å². The van der Waals surface area contributed by atoms with Gasteiger partial charge in [-0.15, -0.1) is 0 Å². The van der Waals surface area contributed by atoms with E-state index < -0.39 is 0 Å². The molecule has 1 aromatic heterocycles. The lowest BCUT2D eigenvalue weighted by molar-refractivity contribution is 0.967. The number of rotatable bonds is 4. The third-order valence-electron chi connectivity index (χ3n) is 2.64. The summed E-state index contributed by atoms with van der Waals surface area (Å²) in [6.45, 7) is 0.738. The van der Waals surface area contributed by atoms with Gasteiger partial charge in [0.25, 0.3) is 0 Å². The fourth-order valence-corrected chi connectivity index (χ4v) is 1.75. The van der Waals surface area contributed by atoms with Crippen molar-refractivity contribution in [2.75, 3.05) is 23.3 Å². The number of nitrogens with one attached hydrogen (secondary N) is 1. The topological polar surface area (TPSA) is 77.0 Å². The third-order valence-corrected chi connectivity index (χ3v) is 2.89. The zero-order chi connectivity index (χ0) is 13.0. The van der Waals surface area contributed by atoms with Gasteiger partial charge in [0, 0.05) is 29.9 Å². The van der Waals surface area contributed by atoms with Gasteiger partial charge in [-0.05, 0) is 30.3 Å². The van der Waals surface area contributed by atoms with Crippen LogP contribution in [0.1, 0.15) is 5.69 Å². The Morgan fingerprint density at radius 1 is 1.11 bits per heavy atom. The second-order valence-electron chi connectivity index (χ2n) is 3.94. The molecule has 0 radical (unpaired) electrons. The molecule has 5 N–H and O–H groups in total. The molecule has 18 heavy (non-hydrogen) atoms. The van der Waals surface area contributed by atoms with E-state index in [1.54, 1.807) is 12.3 Å². The van der Waals surface area contributed by atoms with Crippen molar-refractivity contribution < 1.29 is 0 Å². The highest BCUT2D eigenvalue weighted by Gasteiger charge is 2.03. The van der Waals surface area contributed by atoms with E-state index in [9.17, 15) is 0 Å². The molecule has 1 heterocycles. The van der Waals surface area contributed by atoms with Crippen molar-refractivity contribution in [3.8, 4) is 0 Å². The van der Waals surface area contributed by atoms with Gasteiger partial charge in [-0.3, -0.25) is 4.98 Å². The van der Waals surface area contributed by atoms with E-state index in [-0.39, 0.29) is 0 Å². The Bertz CT molecular complexity index is 525. The summed E-state index contributed by atoms with van der Waals surface area (Å²) in [5.41, 5.74) is 14.5. The van der Waals surface area contributed by atoms with Crippen LogP contribution in [0, 0.1) is 0 Å². The van der Waals surface area contributed by atoms with E-state index >= 15 is 0 Å². The van der Waals surface area contributed by atoms with Crippen molar-refractivity contribution in [2.24, 2.45) is 0 Å². The quantitative estimate of drug-likeness (QED) is 0.791. The minimum atomic E-state index is 0.565. The number of nitrogens with two attached hydrogens (primary N) is 2. The summed E-state index contributed by atoms with van der Waals surface area (Å²) in [5, 5.41) is 4.00. The van der Waals surface area contributed by atoms with Crippen LogP contribution in [0.15, 0.2) is 36.5 Å². The van der Waals surface area contributed by atoms with Crippen molar-refractivity contribution in [3.63, 3.8) is 0 Å². The monoisotopic (exact) mass is 262 g/mol. The minimum Gasteiger partial charge on any atom is -0.397 e. The lowest BCUT2D eigenvalue weighted by Gasteiger charge is -2.09. The van der Waals surface area contributed by atoms with Crippen molar-refractivity contribution in [3.05, 3.63) is 47.2 Å². The number of nitrogen functional groups attached to an aromatic ring is 2. The standard InChI is InChI=1S/C13H15ClN4/c14-9-1-3-10(4-2-9)17-8-6-12-13(16)11(15)5-7-18-12/h1-5,7,17H,6,8,16H2,(H2,15,18). The Balaban J connectivity index is 1.92. The summed E-state index contributed by atoms with van der Waals surface area (Å²) in [6.07, 6.45) is 2.39. The molecule has 2 aromatic rings. The molecule has 94 valence electrons. The molecule has 0 saturated heterocycles. The van der Waals surface area contributed by atoms with E-state index in [0.29, 0.717) is 11.4 Å². The van der Waals surface area contributed by atoms with Gasteiger partial charge < -0.3 is 16.8 Å². The summed E-state index contributed by atoms with van der Waals surface area (Å²) < 4.78 is 0. The van der Waals surface area contributed by atoms with E-state index in [2.05, 4.69) is 10.3 Å². The zero-order valence-electron chi connectivity index (χ0n) is 9.86. The SMILES string of the molecule is Nc1ccnc(CCNc2ccc(Cl)cc2)c1N. The molecule has 1 aromatic carbocycles. The smallest absolute Gasteiger partial charge is 0.0767 e. The molecule has 0 atom stereocenters. The normalized spacial score (nSPS) is 10.3. The van der Waals surface area contributed by atoms with Gasteiger partial charge in [-0.2, -0.15) is 0 Å². The van der Waals surface area contributed by atoms with Crippen LogP contribution in [0.5, 0.6) is 0 Å². The average Bonchev–Trinajstić information content (AvgIpc) is 2.37. The molecule has 0 spiro atoms. The number of hydrogen-bond acceptors (Lipinski definition) is 4. The maximum Gasteiger partial charge on any atom is 0.0767 e. The molecule has 0 aliphatic heterocycles. The van der Waals surface area contributed by atoms with Gasteiger partial charge in [-0.25, -0.2) is 0 Å². The van der Waals surface area contributed by atoms with Crippen molar-refractivity contribution in [1.82, 2.24) is 4.98 Å². The Labute approximate surface area is 111 Å². The number of nitrogens with zero attached hydrogens (tertiary/aromatic N) is 1. The van der Waals surface area contributed by atoms with E-state index in [4.69, 9.17) is 23.1 Å². The van der Waals surface area contributed by atoms with E-state index in [0.717, 1.165) is 29.4 Å². The highest BCUT2D eigenvalue weighted by molar-refractivity contribution is 6.30. The number of benzene rings is 1. The Morgan fingerprint density at radius 2 is 1.83 bits per heavy atom. The second-order valence-corrected chi connectivity index (χ2v) is 4.38. The predicted molar refractivity (Wildman–Crippen MR) is 76.7 cm³/mol. The van der Waals surface area contributed by atoms with Crippen LogP contribution < -0.4 is 16.8 Å². The van der Waals surface area contributed by atoms with Crippen LogP contribution in [0.4, 0.5) is 17.1 Å². The van der Waals surface area contributed by atoms with Crippen LogP contribution in [0.25, 0.3) is 0 Å². The summed E-state index contributed by atoms with van der Waals surface area (Å²) in [5.74, 6) is 0. The lowest BCUT2D eigenvalue weighted by Crippen LogP contribution is -2.09.